The van der Waals surface area contributed by atoms with Crippen molar-refractivity contribution in [3.05, 3.63) is 52.5 Å². The Hall–Kier alpha value is -0.290. The molecule has 1 aliphatic rings. The molecule has 1 saturated heterocycles. The number of nitrogens with zero attached hydrogens (tertiary/aromatic N) is 2. The van der Waals surface area contributed by atoms with Crippen LogP contribution in [0.3, 0.4) is 0 Å². The van der Waals surface area contributed by atoms with E-state index in [1.54, 1.807) is 0 Å². The fourth-order valence-corrected chi connectivity index (χ4v) is 6.24. The molecule has 0 spiro atoms. The van der Waals surface area contributed by atoms with E-state index in [0.717, 1.165) is 24.4 Å². The van der Waals surface area contributed by atoms with Gasteiger partial charge in [0.2, 0.25) is 0 Å². The Morgan fingerprint density at radius 1 is 1.24 bits per heavy atom. The molecule has 0 N–H and O–H groups in total. The highest BCUT2D eigenvalue weighted by molar-refractivity contribution is 8.21. The summed E-state index contributed by atoms with van der Waals surface area (Å²) in [6.07, 6.45) is 7.85. The number of thioether (sulfide) groups is 2. The summed E-state index contributed by atoms with van der Waals surface area (Å²) in [5.74, 6) is 2.43. The van der Waals surface area contributed by atoms with Crippen LogP contribution in [0.2, 0.25) is 10.0 Å². The van der Waals surface area contributed by atoms with Gasteiger partial charge in [0, 0.05) is 40.5 Å². The van der Waals surface area contributed by atoms with Crippen LogP contribution in [0.1, 0.15) is 12.0 Å². The molecule has 21 heavy (non-hydrogen) atoms. The van der Waals surface area contributed by atoms with Crippen molar-refractivity contribution in [2.75, 3.05) is 11.5 Å². The fourth-order valence-electron chi connectivity index (χ4n) is 2.52. The highest BCUT2D eigenvalue weighted by Gasteiger charge is 2.35. The van der Waals surface area contributed by atoms with Crippen molar-refractivity contribution in [1.82, 2.24) is 9.55 Å². The lowest BCUT2D eigenvalue weighted by molar-refractivity contribution is 0.592. The van der Waals surface area contributed by atoms with E-state index in [9.17, 15) is 0 Å². The van der Waals surface area contributed by atoms with Crippen LogP contribution in [0.4, 0.5) is 0 Å². The molecule has 2 aromatic rings. The second-order valence-electron chi connectivity index (χ2n) is 5.08. The Morgan fingerprint density at radius 3 is 2.71 bits per heavy atom. The highest BCUT2D eigenvalue weighted by Crippen LogP contribution is 2.48. The predicted octanol–water partition coefficient (Wildman–Crippen LogP) is 5.00. The molecule has 0 bridgehead atoms. The van der Waals surface area contributed by atoms with Crippen molar-refractivity contribution < 1.29 is 0 Å². The first kappa shape index (κ1) is 15.6. The summed E-state index contributed by atoms with van der Waals surface area (Å²) >= 11 is 16.4. The van der Waals surface area contributed by atoms with Crippen molar-refractivity contribution in [3.63, 3.8) is 0 Å². The normalized spacial score (nSPS) is 17.2. The van der Waals surface area contributed by atoms with Crippen molar-refractivity contribution in [1.29, 1.82) is 0 Å². The minimum atomic E-state index is 0.226. The van der Waals surface area contributed by atoms with Gasteiger partial charge in [-0.3, -0.25) is 0 Å². The summed E-state index contributed by atoms with van der Waals surface area (Å²) in [7, 11) is 0. The molecule has 2 nitrogen and oxygen atoms in total. The molecule has 3 rings (SSSR count). The molecule has 0 atom stereocenters. The molecule has 1 aromatic carbocycles. The summed E-state index contributed by atoms with van der Waals surface area (Å²) < 4.78 is 2.40. The Balaban J connectivity index is 1.70. The Labute approximate surface area is 143 Å². The Morgan fingerprint density at radius 2 is 2.05 bits per heavy atom. The minimum Gasteiger partial charge on any atom is -0.335 e. The number of benzene rings is 1. The van der Waals surface area contributed by atoms with Gasteiger partial charge in [-0.1, -0.05) is 29.3 Å². The van der Waals surface area contributed by atoms with Crippen LogP contribution in [0.15, 0.2) is 36.9 Å². The number of halogens is 2. The third-order valence-corrected chi connectivity index (χ3v) is 7.67. The fraction of sp³-hybridized carbons (Fsp3) is 0.400. The van der Waals surface area contributed by atoms with Crippen LogP contribution in [-0.2, 0) is 13.0 Å². The monoisotopic (exact) mass is 358 g/mol. The van der Waals surface area contributed by atoms with Gasteiger partial charge >= 0.3 is 0 Å². The van der Waals surface area contributed by atoms with Gasteiger partial charge in [0.1, 0.15) is 0 Å². The number of imidazole rings is 1. The molecule has 2 heterocycles. The maximum Gasteiger partial charge on any atom is 0.0946 e. The van der Waals surface area contributed by atoms with Gasteiger partial charge in [0.15, 0.2) is 0 Å². The molecule has 0 amide bonds. The smallest absolute Gasteiger partial charge is 0.0946 e. The standard InChI is InChI=1S/C15H16Cl2N2S2/c16-13-2-1-12(14(17)9-13)3-4-15(20-7-8-21-15)10-19-6-5-18-11-19/h1-2,5-6,9,11H,3-4,7-8,10H2. The van der Waals surface area contributed by atoms with Crippen molar-refractivity contribution >= 4 is 46.7 Å². The maximum atomic E-state index is 6.29. The molecule has 0 radical (unpaired) electrons. The summed E-state index contributed by atoms with van der Waals surface area (Å²) in [5.41, 5.74) is 1.18. The zero-order valence-corrected chi connectivity index (χ0v) is 14.6. The van der Waals surface area contributed by atoms with E-state index in [0.29, 0.717) is 5.02 Å². The van der Waals surface area contributed by atoms with Gasteiger partial charge in [-0.25, -0.2) is 4.98 Å². The third-order valence-electron chi connectivity index (χ3n) is 3.59. The van der Waals surface area contributed by atoms with E-state index < -0.39 is 0 Å². The maximum absolute atomic E-state index is 6.29. The number of aromatic nitrogens is 2. The van der Waals surface area contributed by atoms with Gasteiger partial charge < -0.3 is 4.57 Å². The lowest BCUT2D eigenvalue weighted by Gasteiger charge is -2.28. The second-order valence-corrected chi connectivity index (χ2v) is 9.14. The van der Waals surface area contributed by atoms with Crippen LogP contribution >= 0.6 is 46.7 Å². The first-order valence-corrected chi connectivity index (χ1v) is 9.57. The van der Waals surface area contributed by atoms with E-state index in [1.807, 2.05) is 36.9 Å². The zero-order valence-electron chi connectivity index (χ0n) is 11.5. The summed E-state index contributed by atoms with van der Waals surface area (Å²) in [5, 5.41) is 1.47. The third kappa shape index (κ3) is 3.92. The lowest BCUT2D eigenvalue weighted by atomic mass is 10.1. The lowest BCUT2D eigenvalue weighted by Crippen LogP contribution is -2.25. The zero-order chi connectivity index (χ0) is 14.7. The van der Waals surface area contributed by atoms with Crippen molar-refractivity contribution in [2.24, 2.45) is 0 Å². The van der Waals surface area contributed by atoms with Crippen LogP contribution in [-0.4, -0.2) is 25.1 Å². The van der Waals surface area contributed by atoms with Gasteiger partial charge in [-0.05, 0) is 30.5 Å². The molecule has 1 fully saturated rings. The van der Waals surface area contributed by atoms with E-state index in [1.165, 1.54) is 17.1 Å². The van der Waals surface area contributed by atoms with Crippen LogP contribution in [0.5, 0.6) is 0 Å². The average Bonchev–Trinajstić information content (AvgIpc) is 3.11. The molecular weight excluding hydrogens is 343 g/mol. The van der Waals surface area contributed by atoms with Gasteiger partial charge in [0.25, 0.3) is 0 Å². The second kappa shape index (κ2) is 6.86. The molecule has 1 aromatic heterocycles. The molecule has 6 heteroatoms. The largest absolute Gasteiger partial charge is 0.335 e. The molecule has 0 unspecified atom stereocenters. The van der Waals surface area contributed by atoms with E-state index in [4.69, 9.17) is 23.2 Å². The molecule has 112 valence electrons. The van der Waals surface area contributed by atoms with Crippen molar-refractivity contribution in [3.8, 4) is 0 Å². The number of hydrogen-bond donors (Lipinski definition) is 0. The van der Waals surface area contributed by atoms with E-state index in [2.05, 4.69) is 33.1 Å². The van der Waals surface area contributed by atoms with Crippen LogP contribution in [0.25, 0.3) is 0 Å². The first-order chi connectivity index (χ1) is 10.2. The van der Waals surface area contributed by atoms with Gasteiger partial charge in [-0.15, -0.1) is 23.5 Å². The number of hydrogen-bond acceptors (Lipinski definition) is 3. The molecular formula is C15H16Cl2N2S2. The van der Waals surface area contributed by atoms with Gasteiger partial charge in [-0.2, -0.15) is 0 Å². The summed E-state index contributed by atoms with van der Waals surface area (Å²) in [6, 6.07) is 5.79. The number of rotatable bonds is 5. The number of aryl methyl sites for hydroxylation is 1. The molecule has 0 saturated carbocycles. The van der Waals surface area contributed by atoms with E-state index >= 15 is 0 Å². The molecule has 0 aliphatic carbocycles. The minimum absolute atomic E-state index is 0.226. The SMILES string of the molecule is Clc1ccc(CCC2(Cn3ccnc3)SCCS2)c(Cl)c1. The van der Waals surface area contributed by atoms with Crippen LogP contribution in [0, 0.1) is 0 Å². The Kier molecular flexibility index (Phi) is 5.10. The topological polar surface area (TPSA) is 17.8 Å². The van der Waals surface area contributed by atoms with Gasteiger partial charge in [0.05, 0.1) is 10.4 Å². The Bertz CT molecular complexity index is 596. The highest BCUT2D eigenvalue weighted by atomic mass is 35.5. The summed E-state index contributed by atoms with van der Waals surface area (Å²) in [4.78, 5) is 4.15. The van der Waals surface area contributed by atoms with Crippen molar-refractivity contribution in [2.45, 2.75) is 23.5 Å². The summed E-state index contributed by atoms with van der Waals surface area (Å²) in [6.45, 7) is 0.994. The quantitative estimate of drug-likeness (QED) is 0.748. The average molecular weight is 359 g/mol. The predicted molar refractivity (Wildman–Crippen MR) is 94.7 cm³/mol. The van der Waals surface area contributed by atoms with E-state index in [-0.39, 0.29) is 4.08 Å². The molecule has 1 aliphatic heterocycles. The first-order valence-electron chi connectivity index (χ1n) is 6.84. The van der Waals surface area contributed by atoms with Crippen LogP contribution < -0.4 is 0 Å².